The Balaban J connectivity index is 3.49. The van der Waals surface area contributed by atoms with Gasteiger partial charge in [-0.15, -0.1) is 0 Å². The third-order valence-corrected chi connectivity index (χ3v) is 6.57. The second-order valence-electron chi connectivity index (χ2n) is 12.0. The van der Waals surface area contributed by atoms with E-state index in [0.29, 0.717) is 24.9 Å². The first-order valence-corrected chi connectivity index (χ1v) is 15.0. The summed E-state index contributed by atoms with van der Waals surface area (Å²) in [5.41, 5.74) is 2.01. The minimum absolute atomic E-state index is 0.0276. The molecule has 0 radical (unpaired) electrons. The lowest BCUT2D eigenvalue weighted by Gasteiger charge is -2.35. The highest BCUT2D eigenvalue weighted by molar-refractivity contribution is 5.92. The number of benzene rings is 1. The molecule has 2 atom stereocenters. The minimum atomic E-state index is -0.944. The number of hydrogen-bond acceptors (Lipinski definition) is 6. The zero-order valence-electron chi connectivity index (χ0n) is 26.7. The van der Waals surface area contributed by atoms with Crippen LogP contribution in [0.15, 0.2) is 18.2 Å². The van der Waals surface area contributed by atoms with Crippen molar-refractivity contribution in [3.05, 3.63) is 34.9 Å². The van der Waals surface area contributed by atoms with Crippen molar-refractivity contribution in [3.8, 4) is 0 Å². The van der Waals surface area contributed by atoms with Crippen LogP contribution in [0.25, 0.3) is 0 Å². The number of rotatable bonds is 16. The molecule has 0 saturated heterocycles. The molecule has 0 heterocycles. The van der Waals surface area contributed by atoms with Gasteiger partial charge in [-0.2, -0.15) is 0 Å². The SMILES string of the molecule is CCCCCCN(C(=O)C(CC(C)C)NC(=O)OC(C)(C)C)C(C(=O)NCCC(=O)OCC)c1ccc(C)c(C)c1. The second-order valence-corrected chi connectivity index (χ2v) is 12.0. The van der Waals surface area contributed by atoms with Gasteiger partial charge in [0.2, 0.25) is 11.8 Å². The Morgan fingerprint density at radius 2 is 1.66 bits per heavy atom. The van der Waals surface area contributed by atoms with Gasteiger partial charge >= 0.3 is 12.1 Å². The van der Waals surface area contributed by atoms with Crippen molar-refractivity contribution in [1.29, 1.82) is 0 Å². The molecular weight excluding hydrogens is 522 g/mol. The molecule has 0 aliphatic rings. The monoisotopic (exact) mass is 575 g/mol. The topological polar surface area (TPSA) is 114 Å². The van der Waals surface area contributed by atoms with E-state index in [4.69, 9.17) is 9.47 Å². The van der Waals surface area contributed by atoms with E-state index in [1.54, 1.807) is 32.6 Å². The molecule has 0 saturated carbocycles. The summed E-state index contributed by atoms with van der Waals surface area (Å²) in [5, 5.41) is 5.63. The summed E-state index contributed by atoms with van der Waals surface area (Å²) in [5.74, 6) is -1.03. The molecule has 0 bridgehead atoms. The Morgan fingerprint density at radius 1 is 0.976 bits per heavy atom. The van der Waals surface area contributed by atoms with Crippen molar-refractivity contribution in [1.82, 2.24) is 15.5 Å². The summed E-state index contributed by atoms with van der Waals surface area (Å²) in [4.78, 5) is 54.3. The zero-order valence-corrected chi connectivity index (χ0v) is 26.7. The van der Waals surface area contributed by atoms with Crippen LogP contribution in [0, 0.1) is 19.8 Å². The van der Waals surface area contributed by atoms with Crippen molar-refractivity contribution in [3.63, 3.8) is 0 Å². The van der Waals surface area contributed by atoms with Crippen LogP contribution >= 0.6 is 0 Å². The molecule has 41 heavy (non-hydrogen) atoms. The van der Waals surface area contributed by atoms with E-state index in [1.165, 1.54) is 0 Å². The first kappa shape index (κ1) is 35.9. The molecule has 1 rings (SSSR count). The van der Waals surface area contributed by atoms with Crippen LogP contribution in [-0.2, 0) is 23.9 Å². The van der Waals surface area contributed by atoms with Gasteiger partial charge in [0.15, 0.2) is 0 Å². The first-order chi connectivity index (χ1) is 19.2. The maximum Gasteiger partial charge on any atom is 0.408 e. The number of esters is 1. The van der Waals surface area contributed by atoms with Gasteiger partial charge in [-0.1, -0.05) is 58.2 Å². The molecule has 0 aliphatic heterocycles. The number of carbonyl (C=O) groups is 4. The van der Waals surface area contributed by atoms with Crippen molar-refractivity contribution in [2.45, 2.75) is 119 Å². The molecule has 2 N–H and O–H groups in total. The molecule has 232 valence electrons. The third kappa shape index (κ3) is 13.4. The number of carbonyl (C=O) groups excluding carboxylic acids is 4. The summed E-state index contributed by atoms with van der Waals surface area (Å²) in [6.45, 7) is 17.7. The van der Waals surface area contributed by atoms with E-state index in [-0.39, 0.29) is 37.3 Å². The van der Waals surface area contributed by atoms with Gasteiger partial charge in [-0.3, -0.25) is 14.4 Å². The van der Waals surface area contributed by atoms with Crippen LogP contribution in [0.5, 0.6) is 0 Å². The average molecular weight is 576 g/mol. The molecule has 0 spiro atoms. The largest absolute Gasteiger partial charge is 0.466 e. The fraction of sp³-hybridized carbons (Fsp3) is 0.688. The van der Waals surface area contributed by atoms with E-state index in [0.717, 1.165) is 30.4 Å². The number of hydrogen-bond donors (Lipinski definition) is 2. The van der Waals surface area contributed by atoms with Crippen LogP contribution < -0.4 is 10.6 Å². The number of nitrogens with zero attached hydrogens (tertiary/aromatic N) is 1. The Labute approximate surface area is 247 Å². The Morgan fingerprint density at radius 3 is 2.22 bits per heavy atom. The number of unbranched alkanes of at least 4 members (excludes halogenated alkanes) is 3. The van der Waals surface area contributed by atoms with Crippen LogP contribution in [0.2, 0.25) is 0 Å². The number of nitrogens with one attached hydrogen (secondary N) is 2. The fourth-order valence-corrected chi connectivity index (χ4v) is 4.44. The van der Waals surface area contributed by atoms with E-state index in [2.05, 4.69) is 17.6 Å². The van der Waals surface area contributed by atoms with E-state index in [9.17, 15) is 19.2 Å². The summed E-state index contributed by atoms with van der Waals surface area (Å²) in [7, 11) is 0. The molecular formula is C32H53N3O6. The fourth-order valence-electron chi connectivity index (χ4n) is 4.44. The van der Waals surface area contributed by atoms with Crippen LogP contribution in [0.1, 0.15) is 110 Å². The average Bonchev–Trinajstić information content (AvgIpc) is 2.85. The molecule has 1 aromatic carbocycles. The smallest absolute Gasteiger partial charge is 0.408 e. The van der Waals surface area contributed by atoms with Gasteiger partial charge in [-0.25, -0.2) is 4.79 Å². The maximum absolute atomic E-state index is 14.3. The molecule has 9 nitrogen and oxygen atoms in total. The maximum atomic E-state index is 14.3. The summed E-state index contributed by atoms with van der Waals surface area (Å²) in [6, 6.07) is 3.91. The highest BCUT2D eigenvalue weighted by atomic mass is 16.6. The molecule has 0 aromatic heterocycles. The molecule has 0 fully saturated rings. The Hall–Kier alpha value is -3.10. The number of alkyl carbamates (subject to hydrolysis) is 1. The van der Waals surface area contributed by atoms with Crippen molar-refractivity contribution in [2.75, 3.05) is 19.7 Å². The van der Waals surface area contributed by atoms with Crippen molar-refractivity contribution >= 4 is 23.9 Å². The van der Waals surface area contributed by atoms with Gasteiger partial charge < -0.3 is 25.0 Å². The van der Waals surface area contributed by atoms with Crippen LogP contribution in [-0.4, -0.2) is 60.1 Å². The molecule has 0 aliphatic carbocycles. The summed E-state index contributed by atoms with van der Waals surface area (Å²) < 4.78 is 10.5. The predicted octanol–water partition coefficient (Wildman–Crippen LogP) is 5.76. The predicted molar refractivity (Wildman–Crippen MR) is 161 cm³/mol. The Kier molecular flexibility index (Phi) is 15.5. The van der Waals surface area contributed by atoms with Crippen LogP contribution in [0.4, 0.5) is 4.79 Å². The lowest BCUT2D eigenvalue weighted by Crippen LogP contribution is -2.53. The Bertz CT molecular complexity index is 1000. The quantitative estimate of drug-likeness (QED) is 0.191. The minimum Gasteiger partial charge on any atom is -0.466 e. The number of amides is 3. The lowest BCUT2D eigenvalue weighted by molar-refractivity contribution is -0.144. The van der Waals surface area contributed by atoms with Gasteiger partial charge in [0.25, 0.3) is 0 Å². The molecule has 2 unspecified atom stereocenters. The van der Waals surface area contributed by atoms with Gasteiger partial charge in [0.05, 0.1) is 13.0 Å². The number of ether oxygens (including phenoxy) is 2. The molecule has 3 amide bonds. The normalized spacial score (nSPS) is 12.8. The van der Waals surface area contributed by atoms with Gasteiger partial charge in [0.1, 0.15) is 17.7 Å². The van der Waals surface area contributed by atoms with E-state index in [1.807, 2.05) is 45.9 Å². The molecule has 9 heteroatoms. The second kappa shape index (κ2) is 17.7. The molecule has 1 aromatic rings. The highest BCUT2D eigenvalue weighted by Crippen LogP contribution is 2.26. The van der Waals surface area contributed by atoms with E-state index < -0.39 is 29.7 Å². The first-order valence-electron chi connectivity index (χ1n) is 15.0. The standard InChI is InChI=1S/C32H53N3O6/c1-10-12-13-14-19-35(30(38)26(20-22(3)4)34-31(39)41-32(7,8)9)28(25-16-15-23(5)24(6)21-25)29(37)33-18-17-27(36)40-11-2/h15-16,21-22,26,28H,10-14,17-20H2,1-9H3,(H,33,37)(H,34,39). The third-order valence-electron chi connectivity index (χ3n) is 6.57. The number of aryl methyl sites for hydroxylation is 2. The van der Waals surface area contributed by atoms with Gasteiger partial charge in [0, 0.05) is 13.1 Å². The summed E-state index contributed by atoms with van der Waals surface area (Å²) >= 11 is 0. The van der Waals surface area contributed by atoms with E-state index >= 15 is 0 Å². The van der Waals surface area contributed by atoms with Gasteiger partial charge in [-0.05, 0) is 77.0 Å². The van der Waals surface area contributed by atoms with Crippen molar-refractivity contribution in [2.24, 2.45) is 5.92 Å². The lowest BCUT2D eigenvalue weighted by atomic mass is 9.96. The van der Waals surface area contributed by atoms with Crippen LogP contribution in [0.3, 0.4) is 0 Å². The summed E-state index contributed by atoms with van der Waals surface area (Å²) in [6.07, 6.45) is 3.38. The highest BCUT2D eigenvalue weighted by Gasteiger charge is 2.36. The van der Waals surface area contributed by atoms with Crippen molar-refractivity contribution < 1.29 is 28.7 Å². The zero-order chi connectivity index (χ0) is 31.2.